The van der Waals surface area contributed by atoms with Gasteiger partial charge in [0.15, 0.2) is 0 Å². The number of nitrogens with two attached hydrogens (primary N) is 1. The molecule has 0 heterocycles. The highest BCUT2D eigenvalue weighted by atomic mass is 16.5. The predicted octanol–water partition coefficient (Wildman–Crippen LogP) is 3.84. The van der Waals surface area contributed by atoms with E-state index < -0.39 is 0 Å². The summed E-state index contributed by atoms with van der Waals surface area (Å²) >= 11 is 0. The lowest BCUT2D eigenvalue weighted by molar-refractivity contribution is 0.317. The van der Waals surface area contributed by atoms with Gasteiger partial charge in [0.25, 0.3) is 0 Å². The molecule has 2 rings (SSSR count). The Morgan fingerprint density at radius 2 is 1.71 bits per heavy atom. The summed E-state index contributed by atoms with van der Waals surface area (Å²) in [7, 11) is 1.68. The molecule has 0 aliphatic carbocycles. The van der Waals surface area contributed by atoms with E-state index >= 15 is 0 Å². The summed E-state index contributed by atoms with van der Waals surface area (Å²) in [5.74, 6) is 1.77. The molecule has 0 amide bonds. The zero-order valence-corrected chi connectivity index (χ0v) is 12.9. The van der Waals surface area contributed by atoms with E-state index in [-0.39, 0.29) is 6.04 Å². The molecule has 2 N–H and O–H groups in total. The van der Waals surface area contributed by atoms with Gasteiger partial charge in [-0.05, 0) is 48.2 Å². The van der Waals surface area contributed by atoms with Crippen LogP contribution in [0.5, 0.6) is 11.5 Å². The summed E-state index contributed by atoms with van der Waals surface area (Å²) in [6.45, 7) is 4.86. The molecule has 0 saturated carbocycles. The minimum Gasteiger partial charge on any atom is -0.496 e. The molecule has 0 saturated heterocycles. The maximum atomic E-state index is 6.35. The first-order chi connectivity index (χ1) is 10.2. The fourth-order valence-corrected chi connectivity index (χ4v) is 2.28. The zero-order chi connectivity index (χ0) is 15.2. The molecule has 0 aromatic heterocycles. The molecule has 21 heavy (non-hydrogen) atoms. The van der Waals surface area contributed by atoms with Gasteiger partial charge in [0.1, 0.15) is 11.5 Å². The van der Waals surface area contributed by atoms with Crippen LogP contribution in [0.3, 0.4) is 0 Å². The molecule has 1 unspecified atom stereocenters. The average Bonchev–Trinajstić information content (AvgIpc) is 2.52. The lowest BCUT2D eigenvalue weighted by atomic mass is 9.98. The van der Waals surface area contributed by atoms with E-state index in [0.717, 1.165) is 41.2 Å². The molecule has 0 aliphatic heterocycles. The van der Waals surface area contributed by atoms with Gasteiger partial charge in [0.05, 0.1) is 19.8 Å². The molecule has 3 nitrogen and oxygen atoms in total. The number of benzene rings is 2. The van der Waals surface area contributed by atoms with Gasteiger partial charge in [-0.25, -0.2) is 0 Å². The number of ether oxygens (including phenoxy) is 2. The molecule has 2 aromatic rings. The molecule has 0 fully saturated rings. The van der Waals surface area contributed by atoms with Crippen LogP contribution >= 0.6 is 0 Å². The number of rotatable bonds is 6. The summed E-state index contributed by atoms with van der Waals surface area (Å²) in [6.07, 6.45) is 1.01. The standard InChI is InChI=1S/C18H23NO2/c1-4-11-21-16-8-5-14(6-9-16)18(19)15-7-10-17(20-3)13(2)12-15/h5-10,12,18H,4,11,19H2,1-3H3. The van der Waals surface area contributed by atoms with Gasteiger partial charge < -0.3 is 15.2 Å². The normalized spacial score (nSPS) is 12.0. The molecule has 0 aliphatic rings. The summed E-state index contributed by atoms with van der Waals surface area (Å²) in [6, 6.07) is 13.9. The van der Waals surface area contributed by atoms with E-state index in [1.807, 2.05) is 43.3 Å². The van der Waals surface area contributed by atoms with Gasteiger partial charge in [-0.2, -0.15) is 0 Å². The Balaban J connectivity index is 2.15. The zero-order valence-electron chi connectivity index (χ0n) is 12.9. The number of hydrogen-bond acceptors (Lipinski definition) is 3. The van der Waals surface area contributed by atoms with E-state index in [4.69, 9.17) is 15.2 Å². The fraction of sp³-hybridized carbons (Fsp3) is 0.333. The number of aryl methyl sites for hydroxylation is 1. The van der Waals surface area contributed by atoms with E-state index in [2.05, 4.69) is 13.0 Å². The van der Waals surface area contributed by atoms with Crippen LogP contribution in [0.15, 0.2) is 42.5 Å². The van der Waals surface area contributed by atoms with Crippen molar-refractivity contribution in [2.75, 3.05) is 13.7 Å². The van der Waals surface area contributed by atoms with Crippen molar-refractivity contribution in [2.45, 2.75) is 26.3 Å². The molecule has 0 radical (unpaired) electrons. The molecule has 2 aromatic carbocycles. The van der Waals surface area contributed by atoms with Crippen molar-refractivity contribution in [1.82, 2.24) is 0 Å². The van der Waals surface area contributed by atoms with Gasteiger partial charge in [-0.15, -0.1) is 0 Å². The topological polar surface area (TPSA) is 44.5 Å². The van der Waals surface area contributed by atoms with Gasteiger partial charge in [0, 0.05) is 0 Å². The maximum absolute atomic E-state index is 6.35. The predicted molar refractivity (Wildman–Crippen MR) is 86.0 cm³/mol. The Morgan fingerprint density at radius 1 is 1.05 bits per heavy atom. The van der Waals surface area contributed by atoms with Crippen LogP contribution in [0, 0.1) is 6.92 Å². The maximum Gasteiger partial charge on any atom is 0.121 e. The monoisotopic (exact) mass is 285 g/mol. The van der Waals surface area contributed by atoms with Crippen LogP contribution in [-0.2, 0) is 0 Å². The Bertz CT molecular complexity index is 578. The van der Waals surface area contributed by atoms with E-state index in [9.17, 15) is 0 Å². The van der Waals surface area contributed by atoms with Crippen LogP contribution in [-0.4, -0.2) is 13.7 Å². The lowest BCUT2D eigenvalue weighted by Gasteiger charge is -2.15. The highest BCUT2D eigenvalue weighted by Gasteiger charge is 2.10. The van der Waals surface area contributed by atoms with Gasteiger partial charge in [-0.3, -0.25) is 0 Å². The quantitative estimate of drug-likeness (QED) is 0.877. The largest absolute Gasteiger partial charge is 0.496 e. The molecule has 112 valence electrons. The van der Waals surface area contributed by atoms with E-state index in [1.54, 1.807) is 7.11 Å². The summed E-state index contributed by atoms with van der Waals surface area (Å²) in [4.78, 5) is 0. The van der Waals surface area contributed by atoms with Crippen molar-refractivity contribution in [3.05, 3.63) is 59.2 Å². The van der Waals surface area contributed by atoms with Gasteiger partial charge in [0.2, 0.25) is 0 Å². The molecule has 0 spiro atoms. The molecular formula is C18H23NO2. The third-order valence-electron chi connectivity index (χ3n) is 3.49. The molecular weight excluding hydrogens is 262 g/mol. The van der Waals surface area contributed by atoms with E-state index in [1.165, 1.54) is 0 Å². The smallest absolute Gasteiger partial charge is 0.121 e. The van der Waals surface area contributed by atoms with Crippen molar-refractivity contribution in [2.24, 2.45) is 5.73 Å². The van der Waals surface area contributed by atoms with Crippen LogP contribution in [0.1, 0.15) is 36.1 Å². The average molecular weight is 285 g/mol. The second kappa shape index (κ2) is 7.14. The Morgan fingerprint density at radius 3 is 2.29 bits per heavy atom. The minimum absolute atomic E-state index is 0.144. The first kappa shape index (κ1) is 15.4. The molecule has 1 atom stereocenters. The first-order valence-electron chi connectivity index (χ1n) is 7.28. The van der Waals surface area contributed by atoms with Crippen LogP contribution in [0.2, 0.25) is 0 Å². The Hall–Kier alpha value is -2.00. The van der Waals surface area contributed by atoms with Crippen molar-refractivity contribution in [3.63, 3.8) is 0 Å². The van der Waals surface area contributed by atoms with Crippen molar-refractivity contribution < 1.29 is 9.47 Å². The summed E-state index contributed by atoms with van der Waals surface area (Å²) in [5, 5.41) is 0. The SMILES string of the molecule is CCCOc1ccc(C(N)c2ccc(OC)c(C)c2)cc1. The first-order valence-corrected chi connectivity index (χ1v) is 7.28. The van der Waals surface area contributed by atoms with E-state index in [0.29, 0.717) is 0 Å². The highest BCUT2D eigenvalue weighted by Crippen LogP contribution is 2.26. The fourth-order valence-electron chi connectivity index (χ4n) is 2.28. The van der Waals surface area contributed by atoms with Crippen molar-refractivity contribution >= 4 is 0 Å². The van der Waals surface area contributed by atoms with Crippen LogP contribution in [0.25, 0.3) is 0 Å². The highest BCUT2D eigenvalue weighted by molar-refractivity contribution is 5.41. The minimum atomic E-state index is -0.144. The summed E-state index contributed by atoms with van der Waals surface area (Å²) < 4.78 is 10.9. The molecule has 0 bridgehead atoms. The number of hydrogen-bond donors (Lipinski definition) is 1. The number of methoxy groups -OCH3 is 1. The second-order valence-electron chi connectivity index (χ2n) is 5.12. The Labute approximate surface area is 126 Å². The third-order valence-corrected chi connectivity index (χ3v) is 3.49. The van der Waals surface area contributed by atoms with Gasteiger partial charge >= 0.3 is 0 Å². The van der Waals surface area contributed by atoms with Crippen molar-refractivity contribution in [3.8, 4) is 11.5 Å². The summed E-state index contributed by atoms with van der Waals surface area (Å²) in [5.41, 5.74) is 9.59. The van der Waals surface area contributed by atoms with Gasteiger partial charge in [-0.1, -0.05) is 31.2 Å². The van der Waals surface area contributed by atoms with Crippen LogP contribution < -0.4 is 15.2 Å². The second-order valence-corrected chi connectivity index (χ2v) is 5.12. The lowest BCUT2D eigenvalue weighted by Crippen LogP contribution is -2.12. The van der Waals surface area contributed by atoms with Crippen molar-refractivity contribution in [1.29, 1.82) is 0 Å². The van der Waals surface area contributed by atoms with Crippen LogP contribution in [0.4, 0.5) is 0 Å². The molecule has 3 heteroatoms. The Kier molecular flexibility index (Phi) is 5.23. The third kappa shape index (κ3) is 3.76.